The third-order valence-electron chi connectivity index (χ3n) is 1.74. The van der Waals surface area contributed by atoms with E-state index >= 15 is 0 Å². The van der Waals surface area contributed by atoms with Crippen molar-refractivity contribution in [3.05, 3.63) is 48.0 Å². The van der Waals surface area contributed by atoms with E-state index in [9.17, 15) is 0 Å². The van der Waals surface area contributed by atoms with Crippen molar-refractivity contribution in [2.24, 2.45) is 0 Å². The Labute approximate surface area is 81.2 Å². The van der Waals surface area contributed by atoms with Gasteiger partial charge in [-0.3, -0.25) is 4.98 Å². The summed E-state index contributed by atoms with van der Waals surface area (Å²) in [4.78, 5) is 7.94. The molecule has 2 aromatic heterocycles. The average molecular weight is 191 g/mol. The molecule has 2 nitrogen and oxygen atoms in total. The van der Waals surface area contributed by atoms with E-state index in [0.717, 1.165) is 11.1 Å². The lowest BCUT2D eigenvalue weighted by Crippen LogP contribution is -1.80. The molecule has 0 fully saturated rings. The van der Waals surface area contributed by atoms with Gasteiger partial charge < -0.3 is 0 Å². The Kier molecular flexibility index (Phi) is 2.23. The van der Waals surface area contributed by atoms with Gasteiger partial charge in [-0.25, -0.2) is 4.98 Å². The van der Waals surface area contributed by atoms with Crippen LogP contribution in [0.25, 0.3) is 11.1 Å². The first-order valence-corrected chi connectivity index (χ1v) is 4.26. The highest BCUT2D eigenvalue weighted by Gasteiger charge is 1.96. The van der Waals surface area contributed by atoms with Gasteiger partial charge in [0.25, 0.3) is 0 Å². The molecule has 0 saturated carbocycles. The summed E-state index contributed by atoms with van der Waals surface area (Å²) in [7, 11) is 0. The molecular weight excluding hydrogens is 184 g/mol. The summed E-state index contributed by atoms with van der Waals surface area (Å²) in [6, 6.07) is 7.58. The Bertz CT molecular complexity index is 383. The van der Waals surface area contributed by atoms with Crippen LogP contribution in [0.3, 0.4) is 0 Å². The molecule has 0 atom stereocenters. The molecule has 0 radical (unpaired) electrons. The van der Waals surface area contributed by atoms with Gasteiger partial charge in [-0.1, -0.05) is 11.6 Å². The molecule has 2 aromatic rings. The maximum atomic E-state index is 5.68. The fourth-order valence-electron chi connectivity index (χ4n) is 1.09. The summed E-state index contributed by atoms with van der Waals surface area (Å²) in [6.07, 6.45) is 5.26. The van der Waals surface area contributed by atoms with Crippen LogP contribution >= 0.6 is 11.6 Å². The van der Waals surface area contributed by atoms with Crippen LogP contribution in [0.1, 0.15) is 0 Å². The van der Waals surface area contributed by atoms with Gasteiger partial charge in [0.1, 0.15) is 5.15 Å². The van der Waals surface area contributed by atoms with Gasteiger partial charge >= 0.3 is 0 Å². The molecule has 0 saturated heterocycles. The summed E-state index contributed by atoms with van der Waals surface area (Å²) in [5.41, 5.74) is 2.14. The van der Waals surface area contributed by atoms with Gasteiger partial charge in [-0.05, 0) is 29.8 Å². The van der Waals surface area contributed by atoms with Gasteiger partial charge in [0.15, 0.2) is 0 Å². The summed E-state index contributed by atoms with van der Waals surface area (Å²) in [5, 5.41) is 0.512. The number of hydrogen-bond acceptors (Lipinski definition) is 2. The SMILES string of the molecule is Clc1ccc(-c2ccncc2)cn1. The normalized spacial score (nSPS) is 9.92. The van der Waals surface area contributed by atoms with Crippen LogP contribution in [-0.4, -0.2) is 9.97 Å². The molecule has 0 aromatic carbocycles. The first kappa shape index (κ1) is 8.20. The molecule has 2 rings (SSSR count). The smallest absolute Gasteiger partial charge is 0.129 e. The second-order valence-corrected chi connectivity index (χ2v) is 2.99. The molecule has 3 heteroatoms. The Morgan fingerprint density at radius 2 is 1.69 bits per heavy atom. The van der Waals surface area contributed by atoms with Crippen molar-refractivity contribution in [3.8, 4) is 11.1 Å². The predicted molar refractivity (Wildman–Crippen MR) is 52.5 cm³/mol. The third-order valence-corrected chi connectivity index (χ3v) is 1.96. The summed E-state index contributed by atoms with van der Waals surface area (Å²) in [6.45, 7) is 0. The van der Waals surface area contributed by atoms with E-state index in [1.54, 1.807) is 24.7 Å². The zero-order valence-electron chi connectivity index (χ0n) is 6.81. The zero-order chi connectivity index (χ0) is 9.10. The van der Waals surface area contributed by atoms with Gasteiger partial charge in [-0.15, -0.1) is 0 Å². The molecule has 0 aliphatic heterocycles. The number of nitrogens with zero attached hydrogens (tertiary/aromatic N) is 2. The maximum Gasteiger partial charge on any atom is 0.129 e. The standard InChI is InChI=1S/C10H7ClN2/c11-10-2-1-9(7-13-10)8-3-5-12-6-4-8/h1-7H. The van der Waals surface area contributed by atoms with E-state index in [-0.39, 0.29) is 0 Å². The van der Waals surface area contributed by atoms with E-state index in [2.05, 4.69) is 9.97 Å². The van der Waals surface area contributed by atoms with Crippen molar-refractivity contribution in [1.82, 2.24) is 9.97 Å². The Morgan fingerprint density at radius 1 is 0.923 bits per heavy atom. The average Bonchev–Trinajstić information content (AvgIpc) is 2.20. The molecule has 2 heterocycles. The largest absolute Gasteiger partial charge is 0.265 e. The molecule has 0 spiro atoms. The second-order valence-electron chi connectivity index (χ2n) is 2.61. The number of rotatable bonds is 1. The minimum Gasteiger partial charge on any atom is -0.265 e. The van der Waals surface area contributed by atoms with Crippen LogP contribution in [0, 0.1) is 0 Å². The van der Waals surface area contributed by atoms with Crippen LogP contribution in [0.5, 0.6) is 0 Å². The van der Waals surface area contributed by atoms with Crippen LogP contribution in [-0.2, 0) is 0 Å². The number of hydrogen-bond donors (Lipinski definition) is 0. The first-order valence-electron chi connectivity index (χ1n) is 3.88. The Balaban J connectivity index is 2.42. The highest BCUT2D eigenvalue weighted by atomic mass is 35.5. The lowest BCUT2D eigenvalue weighted by atomic mass is 10.1. The molecule has 0 aliphatic rings. The van der Waals surface area contributed by atoms with Crippen molar-refractivity contribution in [1.29, 1.82) is 0 Å². The Hall–Kier alpha value is -1.41. The first-order chi connectivity index (χ1) is 6.36. The zero-order valence-corrected chi connectivity index (χ0v) is 7.57. The topological polar surface area (TPSA) is 25.8 Å². The molecule has 0 unspecified atom stereocenters. The minimum atomic E-state index is 0.512. The van der Waals surface area contributed by atoms with Crippen LogP contribution < -0.4 is 0 Å². The molecule has 13 heavy (non-hydrogen) atoms. The summed E-state index contributed by atoms with van der Waals surface area (Å²) >= 11 is 5.68. The van der Waals surface area contributed by atoms with E-state index in [1.807, 2.05) is 18.2 Å². The van der Waals surface area contributed by atoms with Gasteiger partial charge in [0.05, 0.1) is 0 Å². The molecule has 0 N–H and O–H groups in total. The molecular formula is C10H7ClN2. The van der Waals surface area contributed by atoms with Crippen molar-refractivity contribution < 1.29 is 0 Å². The van der Waals surface area contributed by atoms with E-state index < -0.39 is 0 Å². The molecule has 0 aliphatic carbocycles. The van der Waals surface area contributed by atoms with Gasteiger partial charge in [0, 0.05) is 24.2 Å². The number of pyridine rings is 2. The van der Waals surface area contributed by atoms with E-state index in [1.165, 1.54) is 0 Å². The predicted octanol–water partition coefficient (Wildman–Crippen LogP) is 2.80. The fraction of sp³-hybridized carbons (Fsp3) is 0. The number of halogens is 1. The summed E-state index contributed by atoms with van der Waals surface area (Å²) < 4.78 is 0. The summed E-state index contributed by atoms with van der Waals surface area (Å²) in [5.74, 6) is 0. The molecule has 0 bridgehead atoms. The minimum absolute atomic E-state index is 0.512. The highest BCUT2D eigenvalue weighted by molar-refractivity contribution is 6.29. The molecule has 64 valence electrons. The van der Waals surface area contributed by atoms with Crippen LogP contribution in [0.15, 0.2) is 42.9 Å². The third kappa shape index (κ3) is 1.84. The maximum absolute atomic E-state index is 5.68. The second kappa shape index (κ2) is 3.54. The van der Waals surface area contributed by atoms with E-state index in [4.69, 9.17) is 11.6 Å². The van der Waals surface area contributed by atoms with Crippen molar-refractivity contribution in [3.63, 3.8) is 0 Å². The quantitative estimate of drug-likeness (QED) is 0.647. The van der Waals surface area contributed by atoms with Crippen molar-refractivity contribution in [2.75, 3.05) is 0 Å². The van der Waals surface area contributed by atoms with E-state index in [0.29, 0.717) is 5.15 Å². The van der Waals surface area contributed by atoms with Gasteiger partial charge in [-0.2, -0.15) is 0 Å². The number of aromatic nitrogens is 2. The monoisotopic (exact) mass is 190 g/mol. The van der Waals surface area contributed by atoms with Crippen LogP contribution in [0.2, 0.25) is 5.15 Å². The lowest BCUT2D eigenvalue weighted by molar-refractivity contribution is 1.30. The van der Waals surface area contributed by atoms with Gasteiger partial charge in [0.2, 0.25) is 0 Å². The lowest BCUT2D eigenvalue weighted by Gasteiger charge is -1.98. The van der Waals surface area contributed by atoms with Crippen molar-refractivity contribution >= 4 is 11.6 Å². The van der Waals surface area contributed by atoms with Crippen LogP contribution in [0.4, 0.5) is 0 Å². The highest BCUT2D eigenvalue weighted by Crippen LogP contribution is 2.17. The van der Waals surface area contributed by atoms with Crippen molar-refractivity contribution in [2.45, 2.75) is 0 Å². The Morgan fingerprint density at radius 3 is 2.31 bits per heavy atom. The molecule has 0 amide bonds. The fourth-order valence-corrected chi connectivity index (χ4v) is 1.20.